The summed E-state index contributed by atoms with van der Waals surface area (Å²) in [5.41, 5.74) is 9.16. The van der Waals surface area contributed by atoms with E-state index in [1.807, 2.05) is 26.0 Å². The van der Waals surface area contributed by atoms with Crippen LogP contribution in [0.4, 0.5) is 11.4 Å². The van der Waals surface area contributed by atoms with Crippen molar-refractivity contribution in [3.63, 3.8) is 0 Å². The zero-order chi connectivity index (χ0) is 15.4. The topological polar surface area (TPSA) is 64.3 Å². The Morgan fingerprint density at radius 1 is 1.19 bits per heavy atom. The Balaban J connectivity index is 1.95. The summed E-state index contributed by atoms with van der Waals surface area (Å²) in [6.45, 7) is 3.94. The molecular weight excluding hydrogens is 332 g/mol. The van der Waals surface area contributed by atoms with Crippen molar-refractivity contribution < 1.29 is 9.53 Å². The van der Waals surface area contributed by atoms with Crippen molar-refractivity contribution in [3.8, 4) is 5.75 Å². The third-order valence-corrected chi connectivity index (χ3v) is 3.49. The third-order valence-electron chi connectivity index (χ3n) is 2.83. The van der Waals surface area contributed by atoms with Gasteiger partial charge in [-0.2, -0.15) is 0 Å². The van der Waals surface area contributed by atoms with Crippen molar-refractivity contribution in [1.29, 1.82) is 0 Å². The first kappa shape index (κ1) is 15.4. The van der Waals surface area contributed by atoms with Crippen molar-refractivity contribution in [2.24, 2.45) is 0 Å². The lowest BCUT2D eigenvalue weighted by Crippen LogP contribution is -2.20. The molecule has 2 rings (SSSR count). The Kier molecular flexibility index (Phi) is 4.85. The molecule has 0 saturated heterocycles. The molecule has 0 aliphatic carbocycles. The number of halogens is 1. The number of carbonyl (C=O) groups excluding carboxylic acids is 1. The first-order valence-corrected chi connectivity index (χ1v) is 7.29. The number of benzene rings is 2. The van der Waals surface area contributed by atoms with E-state index in [-0.39, 0.29) is 12.5 Å². The van der Waals surface area contributed by atoms with Crippen molar-refractivity contribution in [2.75, 3.05) is 17.7 Å². The quantitative estimate of drug-likeness (QED) is 0.828. The molecule has 0 atom stereocenters. The van der Waals surface area contributed by atoms with Crippen molar-refractivity contribution in [1.82, 2.24) is 0 Å². The van der Waals surface area contributed by atoms with Gasteiger partial charge in [-0.3, -0.25) is 4.79 Å². The smallest absolute Gasteiger partial charge is 0.262 e. The van der Waals surface area contributed by atoms with Crippen LogP contribution in [0.1, 0.15) is 11.1 Å². The van der Waals surface area contributed by atoms with E-state index >= 15 is 0 Å². The van der Waals surface area contributed by atoms with Crippen LogP contribution in [0.25, 0.3) is 0 Å². The van der Waals surface area contributed by atoms with E-state index in [1.54, 1.807) is 18.2 Å². The van der Waals surface area contributed by atoms with Gasteiger partial charge in [0.2, 0.25) is 0 Å². The van der Waals surface area contributed by atoms with Crippen LogP contribution < -0.4 is 15.8 Å². The Hall–Kier alpha value is -2.01. The predicted octanol–water partition coefficient (Wildman–Crippen LogP) is 3.67. The molecule has 5 heteroatoms. The van der Waals surface area contributed by atoms with Gasteiger partial charge < -0.3 is 15.8 Å². The molecule has 0 aliphatic rings. The summed E-state index contributed by atoms with van der Waals surface area (Å²) in [5, 5.41) is 2.77. The summed E-state index contributed by atoms with van der Waals surface area (Å²) in [6, 6.07) is 11.1. The van der Waals surface area contributed by atoms with E-state index in [0.29, 0.717) is 17.1 Å². The van der Waals surface area contributed by atoms with Gasteiger partial charge in [0.1, 0.15) is 5.75 Å². The molecule has 0 unspecified atom stereocenters. The van der Waals surface area contributed by atoms with Crippen LogP contribution in [0.15, 0.2) is 40.9 Å². The van der Waals surface area contributed by atoms with Gasteiger partial charge >= 0.3 is 0 Å². The van der Waals surface area contributed by atoms with Crippen LogP contribution in [0, 0.1) is 13.8 Å². The lowest BCUT2D eigenvalue weighted by Gasteiger charge is -2.10. The summed E-state index contributed by atoms with van der Waals surface area (Å²) >= 11 is 3.36. The number of nitrogen functional groups attached to an aromatic ring is 1. The summed E-state index contributed by atoms with van der Waals surface area (Å²) in [4.78, 5) is 11.9. The molecule has 0 aromatic heterocycles. The van der Waals surface area contributed by atoms with Crippen LogP contribution >= 0.6 is 15.9 Å². The third kappa shape index (κ3) is 4.49. The molecule has 0 radical (unpaired) electrons. The molecule has 0 heterocycles. The number of nitrogens with one attached hydrogen (secondary N) is 1. The number of anilines is 2. The van der Waals surface area contributed by atoms with Crippen molar-refractivity contribution >= 4 is 33.2 Å². The average molecular weight is 349 g/mol. The van der Waals surface area contributed by atoms with Crippen LogP contribution in [0.5, 0.6) is 5.75 Å². The van der Waals surface area contributed by atoms with Gasteiger partial charge in [-0.1, -0.05) is 6.07 Å². The van der Waals surface area contributed by atoms with E-state index in [4.69, 9.17) is 10.5 Å². The fourth-order valence-electron chi connectivity index (χ4n) is 1.98. The highest BCUT2D eigenvalue weighted by Gasteiger charge is 2.07. The van der Waals surface area contributed by atoms with Gasteiger partial charge in [0.15, 0.2) is 6.61 Å². The first-order chi connectivity index (χ1) is 9.94. The molecular formula is C16H17BrN2O2. The molecule has 2 aromatic rings. The van der Waals surface area contributed by atoms with Crippen molar-refractivity contribution in [2.45, 2.75) is 13.8 Å². The maximum absolute atomic E-state index is 11.9. The Labute approximate surface area is 132 Å². The highest BCUT2D eigenvalue weighted by molar-refractivity contribution is 9.10. The molecule has 0 fully saturated rings. The minimum absolute atomic E-state index is 0.0420. The van der Waals surface area contributed by atoms with Gasteiger partial charge in [0.05, 0.1) is 5.69 Å². The summed E-state index contributed by atoms with van der Waals surface area (Å²) in [5.74, 6) is 0.471. The normalized spacial score (nSPS) is 10.2. The molecule has 110 valence electrons. The Morgan fingerprint density at radius 2 is 1.86 bits per heavy atom. The SMILES string of the molecule is Cc1cc(C)cc(OCC(=O)Nc2ccc(N)cc2Br)c1. The van der Waals surface area contributed by atoms with Crippen molar-refractivity contribution in [3.05, 3.63) is 52.0 Å². The van der Waals surface area contributed by atoms with Gasteiger partial charge in [-0.15, -0.1) is 0 Å². The number of hydrogen-bond donors (Lipinski definition) is 2. The van der Waals surface area contributed by atoms with E-state index in [2.05, 4.69) is 27.3 Å². The van der Waals surface area contributed by atoms with Crippen LogP contribution in [-0.2, 0) is 4.79 Å². The van der Waals surface area contributed by atoms with Gasteiger partial charge in [-0.05, 0) is 71.2 Å². The average Bonchev–Trinajstić information content (AvgIpc) is 2.39. The zero-order valence-corrected chi connectivity index (χ0v) is 13.5. The maximum atomic E-state index is 11.9. The van der Waals surface area contributed by atoms with E-state index in [1.165, 1.54) is 0 Å². The minimum atomic E-state index is -0.223. The molecule has 3 N–H and O–H groups in total. The van der Waals surface area contributed by atoms with E-state index < -0.39 is 0 Å². The lowest BCUT2D eigenvalue weighted by atomic mass is 10.1. The second-order valence-electron chi connectivity index (χ2n) is 4.90. The van der Waals surface area contributed by atoms with Gasteiger partial charge in [0, 0.05) is 10.2 Å². The lowest BCUT2D eigenvalue weighted by molar-refractivity contribution is -0.118. The Bertz CT molecular complexity index is 651. The number of hydrogen-bond acceptors (Lipinski definition) is 3. The molecule has 0 saturated carbocycles. The number of carbonyl (C=O) groups is 1. The molecule has 0 bridgehead atoms. The molecule has 1 amide bonds. The maximum Gasteiger partial charge on any atom is 0.262 e. The first-order valence-electron chi connectivity index (χ1n) is 6.50. The molecule has 4 nitrogen and oxygen atoms in total. The largest absolute Gasteiger partial charge is 0.484 e. The second-order valence-corrected chi connectivity index (χ2v) is 5.75. The number of amides is 1. The fraction of sp³-hybridized carbons (Fsp3) is 0.188. The summed E-state index contributed by atoms with van der Waals surface area (Å²) in [6.07, 6.45) is 0. The fourth-order valence-corrected chi connectivity index (χ4v) is 2.48. The number of aryl methyl sites for hydroxylation is 2. The van der Waals surface area contributed by atoms with Crippen LogP contribution in [0.3, 0.4) is 0 Å². The zero-order valence-electron chi connectivity index (χ0n) is 11.9. The number of nitrogens with two attached hydrogens (primary N) is 1. The molecule has 0 aliphatic heterocycles. The minimum Gasteiger partial charge on any atom is -0.484 e. The standard InChI is InChI=1S/C16H17BrN2O2/c1-10-5-11(2)7-13(6-10)21-9-16(20)19-15-4-3-12(18)8-14(15)17/h3-8H,9,18H2,1-2H3,(H,19,20). The summed E-state index contributed by atoms with van der Waals surface area (Å²) < 4.78 is 6.25. The van der Waals surface area contributed by atoms with E-state index in [9.17, 15) is 4.79 Å². The van der Waals surface area contributed by atoms with Gasteiger partial charge in [-0.25, -0.2) is 0 Å². The highest BCUT2D eigenvalue weighted by atomic mass is 79.9. The van der Waals surface area contributed by atoms with Gasteiger partial charge in [0.25, 0.3) is 5.91 Å². The second kappa shape index (κ2) is 6.63. The number of rotatable bonds is 4. The monoisotopic (exact) mass is 348 g/mol. The number of ether oxygens (including phenoxy) is 1. The summed E-state index contributed by atoms with van der Waals surface area (Å²) in [7, 11) is 0. The van der Waals surface area contributed by atoms with Crippen LogP contribution in [0.2, 0.25) is 0 Å². The molecule has 0 spiro atoms. The Morgan fingerprint density at radius 3 is 2.48 bits per heavy atom. The van der Waals surface area contributed by atoms with E-state index in [0.717, 1.165) is 15.6 Å². The highest BCUT2D eigenvalue weighted by Crippen LogP contribution is 2.24. The van der Waals surface area contributed by atoms with Crippen LogP contribution in [-0.4, -0.2) is 12.5 Å². The molecule has 21 heavy (non-hydrogen) atoms. The molecule has 2 aromatic carbocycles. The predicted molar refractivity (Wildman–Crippen MR) is 88.6 cm³/mol.